The third-order valence-corrected chi connectivity index (χ3v) is 5.33. The number of β-amino-alcohol motifs (C(OH)–C–C–N with tert-alkyl or cyclic N) is 1. The number of carbonyl (C=O) groups is 1. The van der Waals surface area contributed by atoms with Crippen molar-refractivity contribution >= 4 is 16.8 Å². The normalized spacial score (nSPS) is 19.6. The Balaban J connectivity index is 1.62. The molecular weight excluding hydrogens is 342 g/mol. The molecular formula is C21H21N3O3. The van der Waals surface area contributed by atoms with E-state index in [0.717, 1.165) is 16.5 Å². The molecule has 6 nitrogen and oxygen atoms in total. The van der Waals surface area contributed by atoms with Gasteiger partial charge in [-0.2, -0.15) is 0 Å². The average molecular weight is 363 g/mol. The number of hydrogen-bond donors (Lipinski definition) is 1. The minimum atomic E-state index is -0.583. The second-order valence-corrected chi connectivity index (χ2v) is 7.07. The molecule has 1 N–H and O–H groups in total. The first-order valence-corrected chi connectivity index (χ1v) is 8.99. The Hall–Kier alpha value is -2.99. The zero-order valence-corrected chi connectivity index (χ0v) is 15.1. The number of rotatable bonds is 3. The molecule has 0 saturated carbocycles. The van der Waals surface area contributed by atoms with E-state index in [1.54, 1.807) is 24.3 Å². The number of amides is 1. The summed E-state index contributed by atoms with van der Waals surface area (Å²) < 4.78 is 1.54. The summed E-state index contributed by atoms with van der Waals surface area (Å²) in [5, 5.41) is 11.2. The number of nitrogens with zero attached hydrogens (tertiary/aromatic N) is 3. The zero-order valence-electron chi connectivity index (χ0n) is 15.1. The van der Waals surface area contributed by atoms with E-state index in [1.165, 1.54) is 10.6 Å². The number of pyridine rings is 2. The van der Waals surface area contributed by atoms with Crippen LogP contribution in [0, 0.1) is 5.92 Å². The average Bonchev–Trinajstić information content (AvgIpc) is 3.05. The Bertz CT molecular complexity index is 1050. The van der Waals surface area contributed by atoms with Gasteiger partial charge in [0.2, 0.25) is 0 Å². The van der Waals surface area contributed by atoms with Gasteiger partial charge in [0.1, 0.15) is 0 Å². The number of fused-ring (bicyclic) bond motifs is 1. The highest BCUT2D eigenvalue weighted by atomic mass is 16.3. The Morgan fingerprint density at radius 2 is 1.93 bits per heavy atom. The summed E-state index contributed by atoms with van der Waals surface area (Å²) in [5.41, 5.74) is 1.99. The van der Waals surface area contributed by atoms with Gasteiger partial charge in [-0.15, -0.1) is 0 Å². The van der Waals surface area contributed by atoms with Crippen LogP contribution < -0.4 is 5.56 Å². The van der Waals surface area contributed by atoms with Crippen molar-refractivity contribution in [3.8, 4) is 0 Å². The third kappa shape index (κ3) is 3.24. The van der Waals surface area contributed by atoms with Crippen molar-refractivity contribution in [3.05, 3.63) is 76.3 Å². The van der Waals surface area contributed by atoms with Gasteiger partial charge in [0.25, 0.3) is 11.5 Å². The number of carbonyl (C=O) groups excluding carboxylic acids is 1. The Kier molecular flexibility index (Phi) is 4.49. The Morgan fingerprint density at radius 3 is 2.70 bits per heavy atom. The zero-order chi connectivity index (χ0) is 19.0. The second-order valence-electron chi connectivity index (χ2n) is 7.07. The number of benzene rings is 1. The van der Waals surface area contributed by atoms with Gasteiger partial charge in [-0.25, -0.2) is 0 Å². The van der Waals surface area contributed by atoms with Crippen LogP contribution in [0.3, 0.4) is 0 Å². The van der Waals surface area contributed by atoms with E-state index in [9.17, 15) is 14.7 Å². The minimum absolute atomic E-state index is 0.0332. The smallest absolute Gasteiger partial charge is 0.254 e. The van der Waals surface area contributed by atoms with Gasteiger partial charge >= 0.3 is 0 Å². The van der Waals surface area contributed by atoms with E-state index in [4.69, 9.17) is 0 Å². The predicted octanol–water partition coefficient (Wildman–Crippen LogP) is 1.61. The van der Waals surface area contributed by atoms with Crippen LogP contribution in [0.2, 0.25) is 0 Å². The highest BCUT2D eigenvalue weighted by Gasteiger charge is 2.35. The summed E-state index contributed by atoms with van der Waals surface area (Å²) in [4.78, 5) is 31.1. The molecule has 1 fully saturated rings. The molecule has 138 valence electrons. The maximum Gasteiger partial charge on any atom is 0.254 e. The molecule has 6 heteroatoms. The molecule has 1 aromatic carbocycles. The van der Waals surface area contributed by atoms with Crippen LogP contribution in [0.25, 0.3) is 10.9 Å². The van der Waals surface area contributed by atoms with Gasteiger partial charge < -0.3 is 14.6 Å². The summed E-state index contributed by atoms with van der Waals surface area (Å²) in [7, 11) is 1.70. The lowest BCUT2D eigenvalue weighted by atomic mass is 9.97. The molecule has 3 aromatic rings. The highest BCUT2D eigenvalue weighted by molar-refractivity contribution is 6.06. The molecule has 27 heavy (non-hydrogen) atoms. The summed E-state index contributed by atoms with van der Waals surface area (Å²) in [6.45, 7) is 0.740. The van der Waals surface area contributed by atoms with E-state index >= 15 is 0 Å². The standard InChI is InChI=1S/C21H21N3O3/c1-23-18-5-3-2-4-16(18)17(11-20(23)26)21(27)24-12-15(19(25)13-24)10-14-6-8-22-9-7-14/h2-9,11,15,19,25H,10,12-13H2,1H3/t15-,19+/m1/s1. The van der Waals surface area contributed by atoms with Gasteiger partial charge in [-0.05, 0) is 30.2 Å². The molecule has 0 bridgehead atoms. The third-order valence-electron chi connectivity index (χ3n) is 5.33. The summed E-state index contributed by atoms with van der Waals surface area (Å²) >= 11 is 0. The van der Waals surface area contributed by atoms with E-state index in [-0.39, 0.29) is 23.9 Å². The van der Waals surface area contributed by atoms with Gasteiger partial charge in [-0.3, -0.25) is 14.6 Å². The van der Waals surface area contributed by atoms with E-state index < -0.39 is 6.10 Å². The van der Waals surface area contributed by atoms with Crippen LogP contribution in [0.15, 0.2) is 59.7 Å². The number of aromatic nitrogens is 2. The first kappa shape index (κ1) is 17.4. The fourth-order valence-electron chi connectivity index (χ4n) is 3.80. The van der Waals surface area contributed by atoms with Crippen molar-refractivity contribution in [3.63, 3.8) is 0 Å². The maximum atomic E-state index is 13.1. The van der Waals surface area contributed by atoms with Crippen molar-refractivity contribution in [1.82, 2.24) is 14.5 Å². The SMILES string of the molecule is Cn1c(=O)cc(C(=O)N2C[C@@H](Cc3ccncc3)[C@@H](O)C2)c2ccccc21. The fourth-order valence-corrected chi connectivity index (χ4v) is 3.80. The largest absolute Gasteiger partial charge is 0.391 e. The monoisotopic (exact) mass is 363 g/mol. The topological polar surface area (TPSA) is 75.4 Å². The lowest BCUT2D eigenvalue weighted by molar-refractivity contribution is 0.0766. The van der Waals surface area contributed by atoms with Crippen LogP contribution in [-0.2, 0) is 13.5 Å². The van der Waals surface area contributed by atoms with Crippen LogP contribution in [0.5, 0.6) is 0 Å². The molecule has 1 aliphatic rings. The first-order valence-electron chi connectivity index (χ1n) is 8.99. The molecule has 1 saturated heterocycles. The molecule has 4 rings (SSSR count). The van der Waals surface area contributed by atoms with Crippen molar-refractivity contribution in [2.24, 2.45) is 13.0 Å². The Labute approximate surface area is 156 Å². The van der Waals surface area contributed by atoms with Crippen molar-refractivity contribution in [2.75, 3.05) is 13.1 Å². The minimum Gasteiger partial charge on any atom is -0.391 e. The van der Waals surface area contributed by atoms with Crippen molar-refractivity contribution in [1.29, 1.82) is 0 Å². The van der Waals surface area contributed by atoms with Gasteiger partial charge in [0.15, 0.2) is 0 Å². The molecule has 1 aliphatic heterocycles. The van der Waals surface area contributed by atoms with Crippen LogP contribution in [-0.4, -0.2) is 44.7 Å². The first-order chi connectivity index (χ1) is 13.0. The van der Waals surface area contributed by atoms with Crippen molar-refractivity contribution in [2.45, 2.75) is 12.5 Å². The second kappa shape index (κ2) is 6.96. The Morgan fingerprint density at radius 1 is 1.19 bits per heavy atom. The highest BCUT2D eigenvalue weighted by Crippen LogP contribution is 2.25. The quantitative estimate of drug-likeness (QED) is 0.767. The van der Waals surface area contributed by atoms with Crippen molar-refractivity contribution < 1.29 is 9.90 Å². The summed E-state index contributed by atoms with van der Waals surface area (Å²) in [5.74, 6) is -0.241. The number of aryl methyl sites for hydroxylation is 1. The van der Waals surface area contributed by atoms with E-state index in [0.29, 0.717) is 18.5 Å². The number of aliphatic hydroxyl groups excluding tert-OH is 1. The molecule has 0 radical (unpaired) electrons. The summed E-state index contributed by atoms with van der Waals surface area (Å²) in [6.07, 6.45) is 3.56. The molecule has 1 amide bonds. The summed E-state index contributed by atoms with van der Waals surface area (Å²) in [6, 6.07) is 12.6. The molecule has 2 atom stereocenters. The fraction of sp³-hybridized carbons (Fsp3) is 0.286. The molecule has 0 spiro atoms. The molecule has 0 aliphatic carbocycles. The van der Waals surface area contributed by atoms with Gasteiger partial charge in [-0.1, -0.05) is 18.2 Å². The number of para-hydroxylation sites is 1. The van der Waals surface area contributed by atoms with Crippen LogP contribution in [0.4, 0.5) is 0 Å². The van der Waals surface area contributed by atoms with Gasteiger partial charge in [0.05, 0.1) is 17.2 Å². The number of hydrogen-bond acceptors (Lipinski definition) is 4. The van der Waals surface area contributed by atoms with E-state index in [1.807, 2.05) is 36.4 Å². The van der Waals surface area contributed by atoms with Gasteiger partial charge in [0, 0.05) is 49.9 Å². The lowest BCUT2D eigenvalue weighted by Gasteiger charge is -2.18. The predicted molar refractivity (Wildman–Crippen MR) is 103 cm³/mol. The maximum absolute atomic E-state index is 13.1. The van der Waals surface area contributed by atoms with Crippen LogP contribution in [0.1, 0.15) is 15.9 Å². The number of aliphatic hydroxyl groups is 1. The van der Waals surface area contributed by atoms with Crippen LogP contribution >= 0.6 is 0 Å². The molecule has 0 unspecified atom stereocenters. The lowest BCUT2D eigenvalue weighted by Crippen LogP contribution is -2.31. The van der Waals surface area contributed by atoms with E-state index in [2.05, 4.69) is 4.98 Å². The molecule has 3 heterocycles. The number of likely N-dealkylation sites (tertiary alicyclic amines) is 1. The molecule has 2 aromatic heterocycles.